The summed E-state index contributed by atoms with van der Waals surface area (Å²) in [6.07, 6.45) is 0. The van der Waals surface area contributed by atoms with E-state index in [4.69, 9.17) is 0 Å². The van der Waals surface area contributed by atoms with Crippen LogP contribution in [0.15, 0.2) is 55.1 Å². The van der Waals surface area contributed by atoms with Gasteiger partial charge < -0.3 is 5.32 Å². The van der Waals surface area contributed by atoms with Crippen molar-refractivity contribution in [2.75, 3.05) is 11.9 Å². The van der Waals surface area contributed by atoms with Crippen LogP contribution in [0.25, 0.3) is 5.57 Å². The van der Waals surface area contributed by atoms with Crippen LogP contribution in [-0.2, 0) is 0 Å². The highest BCUT2D eigenvalue weighted by molar-refractivity contribution is 5.67. The summed E-state index contributed by atoms with van der Waals surface area (Å²) in [6, 6.07) is 12.3. The molecule has 0 saturated heterocycles. The lowest BCUT2D eigenvalue weighted by molar-refractivity contribution is 0.627. The third-order valence-corrected chi connectivity index (χ3v) is 2.60. The molecule has 0 amide bonds. The van der Waals surface area contributed by atoms with Gasteiger partial charge in [-0.15, -0.1) is 0 Å². The number of anilines is 1. The van der Waals surface area contributed by atoms with E-state index in [1.165, 1.54) is 24.3 Å². The molecular formula is C15H13F2N. The fraction of sp³-hybridized carbons (Fsp3) is 0.0667. The van der Waals surface area contributed by atoms with Gasteiger partial charge in [0.1, 0.15) is 11.6 Å². The number of halogens is 2. The number of hydrogen-bond acceptors (Lipinski definition) is 1. The van der Waals surface area contributed by atoms with Crippen LogP contribution in [0.4, 0.5) is 14.5 Å². The quantitative estimate of drug-likeness (QED) is 0.855. The van der Waals surface area contributed by atoms with Crippen molar-refractivity contribution in [1.82, 2.24) is 0 Å². The lowest BCUT2D eigenvalue weighted by Crippen LogP contribution is -2.03. The van der Waals surface area contributed by atoms with Crippen molar-refractivity contribution >= 4 is 11.3 Å². The molecule has 2 rings (SSSR count). The maximum absolute atomic E-state index is 12.8. The predicted molar refractivity (Wildman–Crippen MR) is 70.3 cm³/mol. The molecule has 0 aromatic heterocycles. The van der Waals surface area contributed by atoms with E-state index >= 15 is 0 Å². The van der Waals surface area contributed by atoms with E-state index in [0.717, 1.165) is 16.8 Å². The summed E-state index contributed by atoms with van der Waals surface area (Å²) in [5.41, 5.74) is 2.55. The van der Waals surface area contributed by atoms with Crippen LogP contribution in [0.3, 0.4) is 0 Å². The zero-order chi connectivity index (χ0) is 13.0. The molecule has 18 heavy (non-hydrogen) atoms. The maximum atomic E-state index is 12.8. The minimum Gasteiger partial charge on any atom is -0.381 e. The first-order valence-corrected chi connectivity index (χ1v) is 5.58. The van der Waals surface area contributed by atoms with E-state index in [2.05, 4.69) is 11.9 Å². The first-order valence-electron chi connectivity index (χ1n) is 5.58. The van der Waals surface area contributed by atoms with Crippen LogP contribution in [0.2, 0.25) is 0 Å². The van der Waals surface area contributed by atoms with Crippen LogP contribution < -0.4 is 5.32 Å². The second-order valence-corrected chi connectivity index (χ2v) is 3.97. The smallest absolute Gasteiger partial charge is 0.123 e. The van der Waals surface area contributed by atoms with Gasteiger partial charge in [-0.05, 0) is 47.5 Å². The van der Waals surface area contributed by atoms with E-state index in [1.54, 1.807) is 24.3 Å². The Morgan fingerprint density at radius 2 is 1.39 bits per heavy atom. The lowest BCUT2D eigenvalue weighted by Gasteiger charge is -2.09. The van der Waals surface area contributed by atoms with Crippen LogP contribution >= 0.6 is 0 Å². The summed E-state index contributed by atoms with van der Waals surface area (Å²) in [6.45, 7) is 4.45. The fourth-order valence-corrected chi connectivity index (χ4v) is 1.56. The van der Waals surface area contributed by atoms with Crippen molar-refractivity contribution in [3.63, 3.8) is 0 Å². The Morgan fingerprint density at radius 3 is 1.94 bits per heavy atom. The molecule has 3 heteroatoms. The number of hydrogen-bond donors (Lipinski definition) is 1. The summed E-state index contributed by atoms with van der Waals surface area (Å²) in [5.74, 6) is -0.532. The Balaban J connectivity index is 1.96. The molecule has 0 fully saturated rings. The Bertz CT molecular complexity index is 529. The van der Waals surface area contributed by atoms with Gasteiger partial charge in [-0.1, -0.05) is 18.7 Å². The largest absolute Gasteiger partial charge is 0.381 e. The van der Waals surface area contributed by atoms with Crippen LogP contribution in [0.1, 0.15) is 5.56 Å². The second kappa shape index (κ2) is 5.45. The van der Waals surface area contributed by atoms with Crippen molar-refractivity contribution in [2.45, 2.75) is 0 Å². The van der Waals surface area contributed by atoms with E-state index in [-0.39, 0.29) is 11.6 Å². The predicted octanol–water partition coefficient (Wildman–Crippen LogP) is 4.09. The summed E-state index contributed by atoms with van der Waals surface area (Å²) in [4.78, 5) is 0. The third kappa shape index (κ3) is 3.17. The first kappa shape index (κ1) is 12.3. The van der Waals surface area contributed by atoms with Gasteiger partial charge in [0.05, 0.1) is 0 Å². The summed E-state index contributed by atoms with van der Waals surface area (Å²) < 4.78 is 25.5. The average molecular weight is 245 g/mol. The molecule has 1 nitrogen and oxygen atoms in total. The summed E-state index contributed by atoms with van der Waals surface area (Å²) >= 11 is 0. The van der Waals surface area contributed by atoms with Gasteiger partial charge >= 0.3 is 0 Å². The van der Waals surface area contributed by atoms with Gasteiger partial charge in [0, 0.05) is 12.2 Å². The molecule has 0 radical (unpaired) electrons. The van der Waals surface area contributed by atoms with Crippen molar-refractivity contribution in [3.05, 3.63) is 72.3 Å². The van der Waals surface area contributed by atoms with Crippen LogP contribution in [0, 0.1) is 11.6 Å². The van der Waals surface area contributed by atoms with E-state index in [9.17, 15) is 8.78 Å². The Hall–Kier alpha value is -2.16. The van der Waals surface area contributed by atoms with E-state index < -0.39 is 0 Å². The average Bonchev–Trinajstić information content (AvgIpc) is 2.38. The monoisotopic (exact) mass is 245 g/mol. The topological polar surface area (TPSA) is 12.0 Å². The Kier molecular flexibility index (Phi) is 3.72. The highest BCUT2D eigenvalue weighted by Gasteiger charge is 2.00. The molecule has 92 valence electrons. The summed E-state index contributed by atoms with van der Waals surface area (Å²) in [5, 5.41) is 3.12. The minimum absolute atomic E-state index is 0.266. The zero-order valence-electron chi connectivity index (χ0n) is 9.79. The molecule has 2 aromatic rings. The van der Waals surface area contributed by atoms with Gasteiger partial charge in [0.25, 0.3) is 0 Å². The van der Waals surface area contributed by atoms with Crippen LogP contribution in [0.5, 0.6) is 0 Å². The van der Waals surface area contributed by atoms with Gasteiger partial charge in [-0.3, -0.25) is 0 Å². The molecule has 0 unspecified atom stereocenters. The maximum Gasteiger partial charge on any atom is 0.123 e. The van der Waals surface area contributed by atoms with Gasteiger partial charge in [-0.25, -0.2) is 8.78 Å². The summed E-state index contributed by atoms with van der Waals surface area (Å²) in [7, 11) is 0. The molecule has 0 aliphatic carbocycles. The van der Waals surface area contributed by atoms with Crippen molar-refractivity contribution < 1.29 is 8.78 Å². The fourth-order valence-electron chi connectivity index (χ4n) is 1.56. The lowest BCUT2D eigenvalue weighted by atomic mass is 10.1. The molecule has 2 aromatic carbocycles. The molecule has 0 saturated carbocycles. The zero-order valence-corrected chi connectivity index (χ0v) is 9.79. The molecular weight excluding hydrogens is 232 g/mol. The second-order valence-electron chi connectivity index (χ2n) is 3.97. The number of nitrogens with one attached hydrogen (secondary N) is 1. The number of benzene rings is 2. The Labute approximate surface area is 105 Å². The first-order chi connectivity index (χ1) is 8.65. The number of rotatable bonds is 4. The SMILES string of the molecule is C=C(CNc1ccc(F)cc1)c1ccc(F)cc1. The standard InChI is InChI=1S/C15H13F2N/c1-11(12-2-4-13(16)5-3-12)10-18-15-8-6-14(17)7-9-15/h2-9,18H,1,10H2. The van der Waals surface area contributed by atoms with E-state index in [1.807, 2.05) is 0 Å². The third-order valence-electron chi connectivity index (χ3n) is 2.60. The molecule has 0 spiro atoms. The highest BCUT2D eigenvalue weighted by atomic mass is 19.1. The molecule has 0 aliphatic rings. The molecule has 0 aliphatic heterocycles. The van der Waals surface area contributed by atoms with Crippen molar-refractivity contribution in [1.29, 1.82) is 0 Å². The Morgan fingerprint density at radius 1 is 0.889 bits per heavy atom. The van der Waals surface area contributed by atoms with Crippen molar-refractivity contribution in [2.24, 2.45) is 0 Å². The minimum atomic E-state index is -0.266. The van der Waals surface area contributed by atoms with Crippen molar-refractivity contribution in [3.8, 4) is 0 Å². The van der Waals surface area contributed by atoms with Gasteiger partial charge in [0.2, 0.25) is 0 Å². The molecule has 1 N–H and O–H groups in total. The van der Waals surface area contributed by atoms with Gasteiger partial charge in [0.15, 0.2) is 0 Å². The normalized spacial score (nSPS) is 10.1. The highest BCUT2D eigenvalue weighted by Crippen LogP contribution is 2.15. The van der Waals surface area contributed by atoms with Gasteiger partial charge in [-0.2, -0.15) is 0 Å². The molecule has 0 heterocycles. The molecule has 0 atom stereocenters. The van der Waals surface area contributed by atoms with Crippen LogP contribution in [-0.4, -0.2) is 6.54 Å². The van der Waals surface area contributed by atoms with E-state index in [0.29, 0.717) is 6.54 Å². The molecule has 0 bridgehead atoms.